The lowest BCUT2D eigenvalue weighted by atomic mass is 10.2. The first-order valence-electron chi connectivity index (χ1n) is 3.37. The first-order valence-corrected chi connectivity index (χ1v) is 4.44. The van der Waals surface area contributed by atoms with Crippen LogP contribution in [0.5, 0.6) is 0 Å². The molecule has 0 atom stereocenters. The number of nitrogens with one attached hydrogen (secondary N) is 1. The number of aliphatic hydroxyl groups is 1. The molecule has 1 rings (SSSR count). The summed E-state index contributed by atoms with van der Waals surface area (Å²) in [5.41, 5.74) is -0.807. The van der Waals surface area contributed by atoms with Crippen molar-refractivity contribution in [3.05, 3.63) is 31.2 Å². The van der Waals surface area contributed by atoms with Gasteiger partial charge in [0.05, 0.1) is 12.2 Å². The third-order valence-electron chi connectivity index (χ3n) is 1.54. The van der Waals surface area contributed by atoms with Crippen LogP contribution in [0.2, 0.25) is 0 Å². The molecule has 0 unspecified atom stereocenters. The van der Waals surface area contributed by atoms with Crippen LogP contribution in [0.25, 0.3) is 0 Å². The monoisotopic (exact) mass is 301 g/mol. The van der Waals surface area contributed by atoms with Gasteiger partial charge in [-0.2, -0.15) is 0 Å². The Balaban J connectivity index is 3.36. The topological polar surface area (TPSA) is 53.1 Å². The highest BCUT2D eigenvalue weighted by molar-refractivity contribution is 14.1. The highest BCUT2D eigenvalue weighted by Crippen LogP contribution is 2.24. The van der Waals surface area contributed by atoms with Gasteiger partial charge >= 0.3 is 0 Å². The fourth-order valence-corrected chi connectivity index (χ4v) is 1.67. The normalized spacial score (nSPS) is 10.8. The molecule has 0 aromatic carbocycles. The molecule has 13 heavy (non-hydrogen) atoms. The standard InChI is InChI=1S/C7H6F2INO2/c8-6(9)3-1-11-7(13)4(2-12)5(3)10/h1,6,12H,2H2,(H,11,13). The first kappa shape index (κ1) is 10.6. The van der Waals surface area contributed by atoms with Gasteiger partial charge in [0.25, 0.3) is 12.0 Å². The zero-order chi connectivity index (χ0) is 10.0. The van der Waals surface area contributed by atoms with Crippen LogP contribution < -0.4 is 5.56 Å². The summed E-state index contributed by atoms with van der Waals surface area (Å²) in [4.78, 5) is 13.1. The van der Waals surface area contributed by atoms with Gasteiger partial charge < -0.3 is 10.1 Å². The van der Waals surface area contributed by atoms with Gasteiger partial charge in [-0.3, -0.25) is 4.79 Å². The molecule has 1 aromatic heterocycles. The van der Waals surface area contributed by atoms with Crippen molar-refractivity contribution in [3.63, 3.8) is 0 Å². The van der Waals surface area contributed by atoms with E-state index in [1.807, 2.05) is 0 Å². The summed E-state index contributed by atoms with van der Waals surface area (Å²) >= 11 is 1.62. The Labute approximate surface area is 85.9 Å². The second kappa shape index (κ2) is 4.14. The Bertz CT molecular complexity index is 364. The number of aromatic nitrogens is 1. The highest BCUT2D eigenvalue weighted by atomic mass is 127. The second-order valence-electron chi connectivity index (χ2n) is 2.32. The molecular formula is C7H6F2INO2. The molecule has 1 aromatic rings. The van der Waals surface area contributed by atoms with Crippen molar-refractivity contribution in [2.45, 2.75) is 13.0 Å². The largest absolute Gasteiger partial charge is 0.391 e. The molecule has 0 spiro atoms. The average molecular weight is 301 g/mol. The van der Waals surface area contributed by atoms with Gasteiger partial charge in [-0.1, -0.05) is 0 Å². The van der Waals surface area contributed by atoms with E-state index in [4.69, 9.17) is 5.11 Å². The maximum absolute atomic E-state index is 12.3. The van der Waals surface area contributed by atoms with Crippen LogP contribution >= 0.6 is 22.6 Å². The molecule has 0 aliphatic rings. The van der Waals surface area contributed by atoms with E-state index in [2.05, 4.69) is 4.98 Å². The summed E-state index contributed by atoms with van der Waals surface area (Å²) in [6.45, 7) is -0.534. The third kappa shape index (κ3) is 2.05. The molecular weight excluding hydrogens is 295 g/mol. The van der Waals surface area contributed by atoms with Crippen molar-refractivity contribution in [3.8, 4) is 0 Å². The number of hydrogen-bond acceptors (Lipinski definition) is 2. The van der Waals surface area contributed by atoms with Gasteiger partial charge in [-0.05, 0) is 22.6 Å². The van der Waals surface area contributed by atoms with E-state index in [0.717, 1.165) is 6.20 Å². The maximum atomic E-state index is 12.3. The molecule has 72 valence electrons. The summed E-state index contributed by atoms with van der Waals surface area (Å²) in [6, 6.07) is 0. The summed E-state index contributed by atoms with van der Waals surface area (Å²) in [5, 5.41) is 8.74. The second-order valence-corrected chi connectivity index (χ2v) is 3.40. The molecule has 0 saturated carbocycles. The lowest BCUT2D eigenvalue weighted by molar-refractivity contribution is 0.149. The third-order valence-corrected chi connectivity index (χ3v) is 2.82. The SMILES string of the molecule is O=c1[nH]cc(C(F)F)c(I)c1CO. The lowest BCUT2D eigenvalue weighted by Gasteiger charge is -2.05. The summed E-state index contributed by atoms with van der Waals surface area (Å²) in [7, 11) is 0. The minimum Gasteiger partial charge on any atom is -0.391 e. The molecule has 0 saturated heterocycles. The first-order chi connectivity index (χ1) is 6.07. The van der Waals surface area contributed by atoms with Crippen LogP contribution in [0.15, 0.2) is 11.0 Å². The molecule has 0 amide bonds. The van der Waals surface area contributed by atoms with E-state index in [-0.39, 0.29) is 14.7 Å². The van der Waals surface area contributed by atoms with Crippen LogP contribution in [0.3, 0.4) is 0 Å². The Morgan fingerprint density at radius 1 is 1.62 bits per heavy atom. The van der Waals surface area contributed by atoms with Gasteiger partial charge in [0.2, 0.25) is 0 Å². The van der Waals surface area contributed by atoms with Gasteiger partial charge in [0.15, 0.2) is 0 Å². The van der Waals surface area contributed by atoms with Crippen LogP contribution in [-0.2, 0) is 6.61 Å². The van der Waals surface area contributed by atoms with Crippen LogP contribution in [0.4, 0.5) is 8.78 Å². The highest BCUT2D eigenvalue weighted by Gasteiger charge is 2.16. The molecule has 0 radical (unpaired) electrons. The molecule has 0 fully saturated rings. The van der Waals surface area contributed by atoms with Crippen LogP contribution in [0.1, 0.15) is 17.6 Å². The van der Waals surface area contributed by atoms with E-state index in [0.29, 0.717) is 0 Å². The molecule has 0 aliphatic carbocycles. The predicted octanol–water partition coefficient (Wildman–Crippen LogP) is 1.41. The van der Waals surface area contributed by atoms with E-state index in [1.165, 1.54) is 0 Å². The van der Waals surface area contributed by atoms with Gasteiger partial charge in [-0.15, -0.1) is 0 Å². The van der Waals surface area contributed by atoms with E-state index in [1.54, 1.807) is 22.6 Å². The fraction of sp³-hybridized carbons (Fsp3) is 0.286. The number of alkyl halides is 2. The fourth-order valence-electron chi connectivity index (χ4n) is 0.868. The number of aliphatic hydroxyl groups excluding tert-OH is 1. The minimum atomic E-state index is -2.64. The minimum absolute atomic E-state index is 0.0154. The van der Waals surface area contributed by atoms with E-state index in [9.17, 15) is 13.6 Å². The molecule has 2 N–H and O–H groups in total. The number of H-pyrrole nitrogens is 1. The van der Waals surface area contributed by atoms with Crippen molar-refractivity contribution < 1.29 is 13.9 Å². The summed E-state index contributed by atoms with van der Waals surface area (Å²) < 4.78 is 24.7. The zero-order valence-electron chi connectivity index (χ0n) is 6.35. The van der Waals surface area contributed by atoms with E-state index < -0.39 is 18.6 Å². The van der Waals surface area contributed by atoms with Crippen molar-refractivity contribution >= 4 is 22.6 Å². The zero-order valence-corrected chi connectivity index (χ0v) is 8.51. The molecule has 1 heterocycles. The number of rotatable bonds is 2. The number of hydrogen-bond donors (Lipinski definition) is 2. The van der Waals surface area contributed by atoms with Crippen molar-refractivity contribution in [1.82, 2.24) is 4.98 Å². The van der Waals surface area contributed by atoms with Crippen molar-refractivity contribution in [2.75, 3.05) is 0 Å². The smallest absolute Gasteiger partial charge is 0.266 e. The van der Waals surface area contributed by atoms with Gasteiger partial charge in [-0.25, -0.2) is 8.78 Å². The van der Waals surface area contributed by atoms with Crippen molar-refractivity contribution in [1.29, 1.82) is 0 Å². The maximum Gasteiger partial charge on any atom is 0.266 e. The van der Waals surface area contributed by atoms with Gasteiger partial charge in [0, 0.05) is 15.3 Å². The van der Waals surface area contributed by atoms with Gasteiger partial charge in [0.1, 0.15) is 0 Å². The average Bonchev–Trinajstić information content (AvgIpc) is 2.04. The molecule has 3 nitrogen and oxygen atoms in total. The Morgan fingerprint density at radius 2 is 2.23 bits per heavy atom. The summed E-state index contributed by atoms with van der Waals surface area (Å²) in [5.74, 6) is 0. The molecule has 0 aliphatic heterocycles. The number of halogens is 3. The van der Waals surface area contributed by atoms with Crippen LogP contribution in [0, 0.1) is 3.57 Å². The molecule has 0 bridgehead atoms. The Morgan fingerprint density at radius 3 is 2.69 bits per heavy atom. The molecule has 6 heteroatoms. The number of aromatic amines is 1. The number of pyridine rings is 1. The Kier molecular flexibility index (Phi) is 3.37. The predicted molar refractivity (Wildman–Crippen MR) is 50.7 cm³/mol. The van der Waals surface area contributed by atoms with Crippen LogP contribution in [-0.4, -0.2) is 10.1 Å². The lowest BCUT2D eigenvalue weighted by Crippen LogP contribution is -2.16. The summed E-state index contributed by atoms with van der Waals surface area (Å²) in [6.07, 6.45) is -1.68. The quantitative estimate of drug-likeness (QED) is 0.812. The van der Waals surface area contributed by atoms with E-state index >= 15 is 0 Å². The Hall–Kier alpha value is -0.500. The van der Waals surface area contributed by atoms with Crippen molar-refractivity contribution in [2.24, 2.45) is 0 Å².